The number of fused-ring (bicyclic) bond motifs is 1. The van der Waals surface area contributed by atoms with Gasteiger partial charge >= 0.3 is 5.97 Å². The molecule has 2 aromatic rings. The van der Waals surface area contributed by atoms with E-state index in [0.717, 1.165) is 55.1 Å². The van der Waals surface area contributed by atoms with E-state index in [9.17, 15) is 9.59 Å². The maximum absolute atomic E-state index is 11.5. The summed E-state index contributed by atoms with van der Waals surface area (Å²) in [6.45, 7) is 4.30. The third kappa shape index (κ3) is 4.49. The van der Waals surface area contributed by atoms with Crippen LogP contribution in [-0.2, 0) is 9.53 Å². The number of ether oxygens (including phenoxy) is 1. The summed E-state index contributed by atoms with van der Waals surface area (Å²) < 4.78 is 7.08. The van der Waals surface area contributed by atoms with Crippen molar-refractivity contribution >= 4 is 22.8 Å². The number of carbonyl (C=O) groups is 2. The minimum atomic E-state index is -0.410. The van der Waals surface area contributed by atoms with Gasteiger partial charge in [0.2, 0.25) is 5.91 Å². The second-order valence-electron chi connectivity index (χ2n) is 7.50. The zero-order chi connectivity index (χ0) is 19.4. The van der Waals surface area contributed by atoms with Gasteiger partial charge in [0, 0.05) is 17.4 Å². The van der Waals surface area contributed by atoms with E-state index in [1.807, 2.05) is 26.0 Å². The Morgan fingerprint density at radius 2 is 2.00 bits per heavy atom. The number of carbonyl (C=O) groups excluding carboxylic acids is 2. The van der Waals surface area contributed by atoms with Crippen LogP contribution >= 0.6 is 0 Å². The number of esters is 1. The zero-order valence-electron chi connectivity index (χ0n) is 16.2. The molecule has 1 aliphatic carbocycles. The molecule has 0 bridgehead atoms. The van der Waals surface area contributed by atoms with Crippen LogP contribution in [-0.4, -0.2) is 28.3 Å². The van der Waals surface area contributed by atoms with Gasteiger partial charge in [-0.05, 0) is 70.4 Å². The van der Waals surface area contributed by atoms with Crippen molar-refractivity contribution in [2.24, 2.45) is 11.7 Å². The van der Waals surface area contributed by atoms with Crippen LogP contribution < -0.4 is 5.73 Å². The fraction of sp³-hybridized carbons (Fsp3) is 0.571. The third-order valence-electron chi connectivity index (χ3n) is 5.64. The van der Waals surface area contributed by atoms with E-state index >= 15 is 0 Å². The van der Waals surface area contributed by atoms with Gasteiger partial charge in [0.15, 0.2) is 0 Å². The topological polar surface area (TPSA) is 87.2 Å². The number of benzene rings is 1. The van der Waals surface area contributed by atoms with Crippen molar-refractivity contribution in [3.63, 3.8) is 0 Å². The van der Waals surface area contributed by atoms with Crippen LogP contribution in [0.1, 0.15) is 74.0 Å². The first kappa shape index (κ1) is 19.4. The van der Waals surface area contributed by atoms with Crippen LogP contribution in [0.4, 0.5) is 0 Å². The number of hydrogen-bond donors (Lipinski definition) is 1. The van der Waals surface area contributed by atoms with Crippen LogP contribution in [0.3, 0.4) is 0 Å². The number of aromatic nitrogens is 2. The normalized spacial score (nSPS) is 19.9. The molecule has 6 nitrogen and oxygen atoms in total. The molecule has 2 N–H and O–H groups in total. The fourth-order valence-electron chi connectivity index (χ4n) is 4.17. The highest BCUT2D eigenvalue weighted by Crippen LogP contribution is 2.36. The summed E-state index contributed by atoms with van der Waals surface area (Å²) in [6.07, 6.45) is 6.93. The summed E-state index contributed by atoms with van der Waals surface area (Å²) in [4.78, 5) is 23.0. The molecule has 0 aliphatic heterocycles. The van der Waals surface area contributed by atoms with Crippen molar-refractivity contribution in [3.8, 4) is 0 Å². The number of rotatable bonds is 7. The molecular weight excluding hydrogens is 342 g/mol. The molecule has 1 heterocycles. The second kappa shape index (κ2) is 8.55. The maximum atomic E-state index is 11.5. The highest BCUT2D eigenvalue weighted by atomic mass is 16.5. The molecule has 6 heteroatoms. The molecular formula is C21H29N3O3. The van der Waals surface area contributed by atoms with Crippen LogP contribution in [0.5, 0.6) is 0 Å². The molecule has 0 radical (unpaired) electrons. The van der Waals surface area contributed by atoms with Crippen molar-refractivity contribution in [1.82, 2.24) is 9.78 Å². The van der Waals surface area contributed by atoms with Crippen LogP contribution in [0, 0.1) is 12.8 Å². The Hall–Kier alpha value is -2.37. The molecule has 3 rings (SSSR count). The van der Waals surface area contributed by atoms with Gasteiger partial charge in [0.1, 0.15) is 0 Å². The Kier molecular flexibility index (Phi) is 6.14. The number of aryl methyl sites for hydroxylation is 1. The Bertz CT molecular complexity index is 819. The van der Waals surface area contributed by atoms with Crippen molar-refractivity contribution in [3.05, 3.63) is 29.5 Å². The van der Waals surface area contributed by atoms with Crippen LogP contribution in [0.25, 0.3) is 10.9 Å². The smallest absolute Gasteiger partial charge is 0.305 e. The van der Waals surface area contributed by atoms with E-state index in [2.05, 4.69) is 4.68 Å². The molecule has 0 spiro atoms. The molecule has 1 amide bonds. The standard InChI is InChI=1S/C21H29N3O3/c1-3-27-20(25)6-4-5-15-7-10-17(11-8-15)24-19-13-16(21(22)26)9-12-18(19)14(2)23-24/h9,12-13,15,17H,3-8,10-11H2,1-2H3,(H2,22,26). The highest BCUT2D eigenvalue weighted by molar-refractivity contribution is 5.97. The van der Waals surface area contributed by atoms with Gasteiger partial charge in [-0.15, -0.1) is 0 Å². The van der Waals surface area contributed by atoms with Crippen molar-refractivity contribution in [2.45, 2.75) is 64.8 Å². The van der Waals surface area contributed by atoms with Gasteiger partial charge in [0.05, 0.1) is 23.9 Å². The van der Waals surface area contributed by atoms with Gasteiger partial charge in [-0.3, -0.25) is 14.3 Å². The Morgan fingerprint density at radius 1 is 1.26 bits per heavy atom. The first-order chi connectivity index (χ1) is 13.0. The largest absolute Gasteiger partial charge is 0.466 e. The Labute approximate surface area is 160 Å². The van der Waals surface area contributed by atoms with E-state index in [1.54, 1.807) is 6.07 Å². The minimum absolute atomic E-state index is 0.0880. The fourth-order valence-corrected chi connectivity index (χ4v) is 4.17. The number of amides is 1. The molecule has 0 unspecified atom stereocenters. The summed E-state index contributed by atoms with van der Waals surface area (Å²) in [5.41, 5.74) is 7.95. The van der Waals surface area contributed by atoms with Crippen molar-refractivity contribution in [1.29, 1.82) is 0 Å². The Balaban J connectivity index is 1.62. The maximum Gasteiger partial charge on any atom is 0.305 e. The summed E-state index contributed by atoms with van der Waals surface area (Å²) in [6, 6.07) is 5.92. The average Bonchev–Trinajstić information content (AvgIpc) is 2.99. The van der Waals surface area contributed by atoms with Gasteiger partial charge in [-0.25, -0.2) is 0 Å². The van der Waals surface area contributed by atoms with E-state index < -0.39 is 5.91 Å². The van der Waals surface area contributed by atoms with Gasteiger partial charge in [-0.2, -0.15) is 5.10 Å². The predicted octanol–water partition coefficient (Wildman–Crippen LogP) is 3.91. The minimum Gasteiger partial charge on any atom is -0.466 e. The lowest BCUT2D eigenvalue weighted by molar-refractivity contribution is -0.143. The molecule has 1 aliphatic rings. The first-order valence-corrected chi connectivity index (χ1v) is 9.94. The van der Waals surface area contributed by atoms with Gasteiger partial charge in [0.25, 0.3) is 0 Å². The van der Waals surface area contributed by atoms with E-state index in [-0.39, 0.29) is 5.97 Å². The third-order valence-corrected chi connectivity index (χ3v) is 5.64. The lowest BCUT2D eigenvalue weighted by Crippen LogP contribution is -2.19. The lowest BCUT2D eigenvalue weighted by Gasteiger charge is -2.29. The summed E-state index contributed by atoms with van der Waals surface area (Å²) in [5, 5.41) is 5.83. The molecule has 146 valence electrons. The molecule has 1 fully saturated rings. The van der Waals surface area contributed by atoms with E-state index in [1.165, 1.54) is 0 Å². The predicted molar refractivity (Wildman–Crippen MR) is 104 cm³/mol. The number of nitrogens with two attached hydrogens (primary N) is 1. The number of hydrogen-bond acceptors (Lipinski definition) is 4. The number of primary amides is 1. The van der Waals surface area contributed by atoms with Crippen molar-refractivity contribution in [2.75, 3.05) is 6.61 Å². The van der Waals surface area contributed by atoms with Gasteiger partial charge < -0.3 is 10.5 Å². The quantitative estimate of drug-likeness (QED) is 0.748. The summed E-state index contributed by atoms with van der Waals surface area (Å²) >= 11 is 0. The van der Waals surface area contributed by atoms with Crippen LogP contribution in [0.15, 0.2) is 18.2 Å². The lowest BCUT2D eigenvalue weighted by atomic mass is 9.83. The van der Waals surface area contributed by atoms with Crippen molar-refractivity contribution < 1.29 is 14.3 Å². The molecule has 0 saturated heterocycles. The Morgan fingerprint density at radius 3 is 2.67 bits per heavy atom. The summed E-state index contributed by atoms with van der Waals surface area (Å²) in [7, 11) is 0. The highest BCUT2D eigenvalue weighted by Gasteiger charge is 2.25. The molecule has 1 saturated carbocycles. The molecule has 0 atom stereocenters. The SMILES string of the molecule is CCOC(=O)CCCC1CCC(n2nc(C)c3ccc(C(N)=O)cc32)CC1. The second-order valence-corrected chi connectivity index (χ2v) is 7.50. The summed E-state index contributed by atoms with van der Waals surface area (Å²) in [5.74, 6) is 0.169. The molecule has 27 heavy (non-hydrogen) atoms. The van der Waals surface area contributed by atoms with E-state index in [0.29, 0.717) is 30.6 Å². The first-order valence-electron chi connectivity index (χ1n) is 9.94. The van der Waals surface area contributed by atoms with E-state index in [4.69, 9.17) is 15.6 Å². The van der Waals surface area contributed by atoms with Gasteiger partial charge in [-0.1, -0.05) is 6.07 Å². The monoisotopic (exact) mass is 371 g/mol. The number of nitrogens with zero attached hydrogens (tertiary/aromatic N) is 2. The van der Waals surface area contributed by atoms with Crippen LogP contribution in [0.2, 0.25) is 0 Å². The molecule has 1 aromatic heterocycles. The zero-order valence-corrected chi connectivity index (χ0v) is 16.2. The molecule has 1 aromatic carbocycles. The average molecular weight is 371 g/mol.